The standard InChI is InChI=1S/3C8H18.3C7H14.6C7H16/c1-7(2,3)8(4,5)6;1-6-8(4,5)7(2)3;1-6(2)8(5)7(3)4;1-7(2)5-3-4-6-7;1-7-5-3-2-4-6-7;1-2-7-5-3-4-6-7;1-6(2)7(3,4)5;1-6(2)5-7(3)4;2*1-5-7(3,4)6-2;1-5-7(4)6(2)3;1-4-7(5-2)6-3/h1-6H3;7H,6H2,1-5H3;6-8H,1-5H3;3-6H2,1-2H3;2*7H,2-6H2,1H3;6H,1-5H3;6-7H,5H2,1-4H3;2*5-6H2,1-4H3;6-7H,5H2,1-4H3;7H,4-6H2,1-3H3/t;;;;;;;;;;7-;/m..........0./s1. The van der Waals surface area contributed by atoms with Crippen LogP contribution >= 0.6 is 0 Å². The summed E-state index contributed by atoms with van der Waals surface area (Å²) in [5.41, 5.74) is 3.78. The van der Waals surface area contributed by atoms with Gasteiger partial charge >= 0.3 is 0 Å². The smallest absolute Gasteiger partial charge is 0.0334 e. The lowest BCUT2D eigenvalue weighted by atomic mass is 9.71. The Balaban J connectivity index is -0.000000109. The predicted octanol–water partition coefficient (Wildman–Crippen LogP) is 33.4. The molecule has 0 unspecified atom stereocenters. The first-order valence-corrected chi connectivity index (χ1v) is 39.2. The van der Waals surface area contributed by atoms with Gasteiger partial charge in [-0.3, -0.25) is 0 Å². The van der Waals surface area contributed by atoms with E-state index in [0.29, 0.717) is 37.9 Å². The van der Waals surface area contributed by atoms with Crippen molar-refractivity contribution in [3.63, 3.8) is 0 Å². The predicted molar refractivity (Wildman–Crippen MR) is 419 cm³/mol. The summed E-state index contributed by atoms with van der Waals surface area (Å²) in [5, 5.41) is 0. The molecule has 0 saturated heterocycles. The highest BCUT2D eigenvalue weighted by molar-refractivity contribution is 4.77. The van der Waals surface area contributed by atoms with Gasteiger partial charge in [-0.1, -0.05) is 439 Å². The van der Waals surface area contributed by atoms with Gasteiger partial charge in [-0.25, -0.2) is 0 Å². The van der Waals surface area contributed by atoms with E-state index in [2.05, 4.69) is 305 Å². The van der Waals surface area contributed by atoms with Gasteiger partial charge in [-0.15, -0.1) is 0 Å². The highest BCUT2D eigenvalue weighted by Gasteiger charge is 2.27. The van der Waals surface area contributed by atoms with E-state index >= 15 is 0 Å². The molecule has 0 aromatic carbocycles. The number of hydrogen-bond donors (Lipinski definition) is 0. The van der Waals surface area contributed by atoms with Gasteiger partial charge in [0.2, 0.25) is 0 Å². The Morgan fingerprint density at radius 2 is 0.667 bits per heavy atom. The molecule has 0 amide bonds. The molecule has 0 heterocycles. The molecule has 0 nitrogen and oxygen atoms in total. The summed E-state index contributed by atoms with van der Waals surface area (Å²) in [6.07, 6.45) is 33.9. The van der Waals surface area contributed by atoms with Crippen molar-refractivity contribution in [2.24, 2.45) is 109 Å². The highest BCUT2D eigenvalue weighted by Crippen LogP contribution is 2.37. The topological polar surface area (TPSA) is 0 Å². The quantitative estimate of drug-likeness (QED) is 0.144. The van der Waals surface area contributed by atoms with Crippen molar-refractivity contribution < 1.29 is 0 Å². The minimum Gasteiger partial charge on any atom is -0.0651 e. The molecule has 0 N–H and O–H groups in total. The van der Waals surface area contributed by atoms with Gasteiger partial charge in [0.05, 0.1) is 0 Å². The molecule has 0 aromatic heterocycles. The van der Waals surface area contributed by atoms with E-state index in [1.807, 2.05) is 0 Å². The molecule has 3 aliphatic carbocycles. The molecular formula is C87H192. The number of rotatable bonds is 16. The summed E-state index contributed by atoms with van der Waals surface area (Å²) in [4.78, 5) is 0. The molecule has 0 spiro atoms. The van der Waals surface area contributed by atoms with Gasteiger partial charge in [0.25, 0.3) is 0 Å². The van der Waals surface area contributed by atoms with E-state index in [4.69, 9.17) is 0 Å². The van der Waals surface area contributed by atoms with Crippen LogP contribution in [-0.4, -0.2) is 0 Å². The van der Waals surface area contributed by atoms with Crippen LogP contribution in [0.3, 0.4) is 0 Å². The fourth-order valence-electron chi connectivity index (χ4n) is 8.02. The molecule has 0 heteroatoms. The highest BCUT2D eigenvalue weighted by atomic mass is 14.3. The summed E-state index contributed by atoms with van der Waals surface area (Å²) in [6.45, 7) is 100. The Kier molecular flexibility index (Phi) is 72.6. The van der Waals surface area contributed by atoms with Crippen LogP contribution in [0.5, 0.6) is 0 Å². The molecule has 3 aliphatic rings. The minimum atomic E-state index is 0.437. The Morgan fingerprint density at radius 1 is 0.368 bits per heavy atom. The largest absolute Gasteiger partial charge is 0.0651 e. The minimum absolute atomic E-state index is 0.437. The first kappa shape index (κ1) is 106. The third-order valence-corrected chi connectivity index (χ3v) is 22.7. The van der Waals surface area contributed by atoms with E-state index in [1.54, 1.807) is 0 Å². The molecule has 3 rings (SSSR count). The first-order valence-electron chi connectivity index (χ1n) is 39.2. The summed E-state index contributed by atoms with van der Waals surface area (Å²) in [7, 11) is 0. The van der Waals surface area contributed by atoms with Crippen LogP contribution in [0, 0.1) is 109 Å². The van der Waals surface area contributed by atoms with E-state index < -0.39 is 0 Å². The van der Waals surface area contributed by atoms with Gasteiger partial charge in [-0.05, 0) is 128 Å². The Hall–Kier alpha value is 0. The van der Waals surface area contributed by atoms with Crippen molar-refractivity contribution in [3.8, 4) is 0 Å². The Bertz CT molecular complexity index is 1200. The summed E-state index contributed by atoms with van der Waals surface area (Å²) < 4.78 is 0. The van der Waals surface area contributed by atoms with Crippen molar-refractivity contribution in [2.45, 2.75) is 459 Å². The second kappa shape index (κ2) is 59.7. The average molecular weight is 1240 g/mol. The monoisotopic (exact) mass is 1240 g/mol. The fourth-order valence-corrected chi connectivity index (χ4v) is 8.02. The zero-order valence-electron chi connectivity index (χ0n) is 71.4. The summed E-state index contributed by atoms with van der Waals surface area (Å²) >= 11 is 0. The second-order valence-corrected chi connectivity index (χ2v) is 37.0. The molecule has 540 valence electrons. The van der Waals surface area contributed by atoms with Crippen molar-refractivity contribution in [1.82, 2.24) is 0 Å². The van der Waals surface area contributed by atoms with Crippen molar-refractivity contribution in [3.05, 3.63) is 0 Å². The molecule has 0 radical (unpaired) electrons. The first-order chi connectivity index (χ1) is 39.2. The van der Waals surface area contributed by atoms with E-state index in [-0.39, 0.29) is 0 Å². The van der Waals surface area contributed by atoms with Gasteiger partial charge in [0, 0.05) is 0 Å². The van der Waals surface area contributed by atoms with Crippen LogP contribution in [0.15, 0.2) is 0 Å². The number of hydrogen-bond acceptors (Lipinski definition) is 0. The second-order valence-electron chi connectivity index (χ2n) is 37.0. The molecule has 3 fully saturated rings. The third-order valence-electron chi connectivity index (χ3n) is 22.7. The molecule has 0 aromatic rings. The van der Waals surface area contributed by atoms with Crippen LogP contribution in [0.25, 0.3) is 0 Å². The summed E-state index contributed by atoms with van der Waals surface area (Å²) in [6, 6.07) is 0. The molecule has 87 heavy (non-hydrogen) atoms. The van der Waals surface area contributed by atoms with E-state index in [9.17, 15) is 0 Å². The lowest BCUT2D eigenvalue weighted by molar-refractivity contribution is 0.157. The SMILES string of the molecule is CC(C)(C)C(C)(C)C.CC(C)C(C)(C)C.CC(C)C(C)C(C)C.CC(C)CC(C)C.CC1(C)CCCC1.CC1CCCCC1.CCC(C)(C)C(C)C.CCC(C)(C)CC.CCC(C)(C)CC.CCC(CC)CC.CCC1CCCC1.CC[C@H](C)C(C)C. The van der Waals surface area contributed by atoms with Crippen LogP contribution in [0.4, 0.5) is 0 Å². The average Bonchev–Trinajstić information content (AvgIpc) is 4.29. The lowest BCUT2D eigenvalue weighted by Crippen LogP contribution is -2.25. The van der Waals surface area contributed by atoms with Gasteiger partial charge < -0.3 is 0 Å². The third kappa shape index (κ3) is 82.0. The maximum Gasteiger partial charge on any atom is -0.0334 e. The van der Waals surface area contributed by atoms with Crippen LogP contribution in [0.2, 0.25) is 0 Å². The van der Waals surface area contributed by atoms with Crippen LogP contribution in [-0.2, 0) is 0 Å². The van der Waals surface area contributed by atoms with Gasteiger partial charge in [0.1, 0.15) is 0 Å². The Morgan fingerprint density at radius 3 is 0.724 bits per heavy atom. The maximum atomic E-state index is 2.36. The molecule has 1 atom stereocenters. The van der Waals surface area contributed by atoms with E-state index in [1.165, 1.54) is 154 Å². The van der Waals surface area contributed by atoms with Crippen molar-refractivity contribution in [1.29, 1.82) is 0 Å². The summed E-state index contributed by atoms with van der Waals surface area (Å²) in [5.74, 6) is 10.8. The zero-order valence-corrected chi connectivity index (χ0v) is 71.4. The zero-order chi connectivity index (χ0) is 71.4. The maximum absolute atomic E-state index is 2.36. The van der Waals surface area contributed by atoms with Gasteiger partial charge in [0.15, 0.2) is 0 Å². The molecular weight excluding hydrogens is 1040 g/mol. The van der Waals surface area contributed by atoms with Gasteiger partial charge in [-0.2, -0.15) is 0 Å². The van der Waals surface area contributed by atoms with Crippen molar-refractivity contribution >= 4 is 0 Å². The normalized spacial score (nSPS) is 15.7. The molecule has 3 saturated carbocycles. The Labute approximate surface area is 564 Å². The molecule has 0 bridgehead atoms. The van der Waals surface area contributed by atoms with Crippen LogP contribution < -0.4 is 0 Å². The van der Waals surface area contributed by atoms with Crippen LogP contribution in [0.1, 0.15) is 459 Å². The lowest BCUT2D eigenvalue weighted by Gasteiger charge is -2.34. The molecule has 0 aliphatic heterocycles. The van der Waals surface area contributed by atoms with E-state index in [0.717, 1.165) is 71.0 Å². The fraction of sp³-hybridized carbons (Fsp3) is 1.00. The van der Waals surface area contributed by atoms with Crippen molar-refractivity contribution in [2.75, 3.05) is 0 Å².